The monoisotopic (exact) mass is 286 g/mol. The molecule has 0 N–H and O–H groups in total. The van der Waals surface area contributed by atoms with Crippen LogP contribution in [0, 0.1) is 6.92 Å². The van der Waals surface area contributed by atoms with E-state index >= 15 is 0 Å². The van der Waals surface area contributed by atoms with Crippen LogP contribution in [0.4, 0.5) is 0 Å². The molecule has 1 aliphatic rings. The fraction of sp³-hybridized carbons (Fsp3) is 0.267. The smallest absolute Gasteiger partial charge is 0.339 e. The fourth-order valence-electron chi connectivity index (χ4n) is 2.19. The minimum atomic E-state index is -0.436. The molecule has 0 spiro atoms. The molecule has 3 rings (SSSR count). The minimum absolute atomic E-state index is 0.0407. The molecule has 2 aromatic heterocycles. The number of hydrogen-bond donors (Lipinski definition) is 0. The highest BCUT2D eigenvalue weighted by Gasteiger charge is 2.32. The largest absolute Gasteiger partial charge is 0.486 e. The molecule has 0 aromatic carbocycles. The zero-order valence-corrected chi connectivity index (χ0v) is 11.5. The van der Waals surface area contributed by atoms with Crippen molar-refractivity contribution in [1.29, 1.82) is 0 Å². The van der Waals surface area contributed by atoms with Gasteiger partial charge in [-0.25, -0.2) is 4.79 Å². The van der Waals surface area contributed by atoms with Gasteiger partial charge in [0.1, 0.15) is 17.6 Å². The van der Waals surface area contributed by atoms with Crippen LogP contribution in [0.1, 0.15) is 16.1 Å². The molecular weight excluding hydrogens is 272 g/mol. The molecule has 0 bridgehead atoms. The standard InChI is InChI=1S/C15H14N2O4/c1-10-6-12(7-14(18)20-10)21-13-8-17(9-13)15(19)11-2-4-16-5-3-11/h2-7,13H,8-9H2,1H3. The summed E-state index contributed by atoms with van der Waals surface area (Å²) in [5.74, 6) is 0.937. The van der Waals surface area contributed by atoms with Crippen LogP contribution in [0.25, 0.3) is 0 Å². The van der Waals surface area contributed by atoms with Gasteiger partial charge in [-0.05, 0) is 19.1 Å². The molecule has 0 radical (unpaired) electrons. The van der Waals surface area contributed by atoms with E-state index in [-0.39, 0.29) is 12.0 Å². The number of carbonyl (C=O) groups is 1. The van der Waals surface area contributed by atoms with Gasteiger partial charge in [-0.3, -0.25) is 9.78 Å². The SMILES string of the molecule is Cc1cc(OC2CN(C(=O)c3ccncc3)C2)cc(=O)o1. The molecule has 1 aliphatic heterocycles. The average molecular weight is 286 g/mol. The molecular formula is C15H14N2O4. The van der Waals surface area contributed by atoms with Gasteiger partial charge in [0.05, 0.1) is 19.2 Å². The maximum Gasteiger partial charge on any atom is 0.339 e. The van der Waals surface area contributed by atoms with Crippen LogP contribution in [0.2, 0.25) is 0 Å². The van der Waals surface area contributed by atoms with Crippen molar-refractivity contribution in [2.75, 3.05) is 13.1 Å². The Hall–Kier alpha value is -2.63. The maximum absolute atomic E-state index is 12.1. The van der Waals surface area contributed by atoms with E-state index < -0.39 is 5.63 Å². The second-order valence-corrected chi connectivity index (χ2v) is 4.91. The highest BCUT2D eigenvalue weighted by molar-refractivity contribution is 5.94. The van der Waals surface area contributed by atoms with E-state index in [1.54, 1.807) is 42.4 Å². The van der Waals surface area contributed by atoms with E-state index in [1.807, 2.05) is 0 Å². The molecule has 21 heavy (non-hydrogen) atoms. The zero-order chi connectivity index (χ0) is 14.8. The number of pyridine rings is 1. The van der Waals surface area contributed by atoms with Crippen molar-refractivity contribution in [3.63, 3.8) is 0 Å². The first-order valence-electron chi connectivity index (χ1n) is 6.59. The second kappa shape index (κ2) is 5.40. The Bertz CT molecular complexity index is 705. The van der Waals surface area contributed by atoms with Crippen LogP contribution in [0.15, 0.2) is 45.9 Å². The van der Waals surface area contributed by atoms with Crippen LogP contribution >= 0.6 is 0 Å². The van der Waals surface area contributed by atoms with Gasteiger partial charge in [-0.2, -0.15) is 0 Å². The van der Waals surface area contributed by atoms with Crippen molar-refractivity contribution in [1.82, 2.24) is 9.88 Å². The molecule has 0 atom stereocenters. The van der Waals surface area contributed by atoms with Crippen LogP contribution in [0.3, 0.4) is 0 Å². The Morgan fingerprint density at radius 1 is 1.33 bits per heavy atom. The number of nitrogens with zero attached hydrogens (tertiary/aromatic N) is 2. The predicted molar refractivity (Wildman–Crippen MR) is 74.3 cm³/mol. The Labute approximate surface area is 121 Å². The summed E-state index contributed by atoms with van der Waals surface area (Å²) in [6.07, 6.45) is 3.08. The number of aromatic nitrogens is 1. The topological polar surface area (TPSA) is 72.6 Å². The first-order chi connectivity index (χ1) is 10.1. The fourth-order valence-corrected chi connectivity index (χ4v) is 2.19. The summed E-state index contributed by atoms with van der Waals surface area (Å²) in [4.78, 5) is 28.9. The van der Waals surface area contributed by atoms with Gasteiger partial charge in [0.2, 0.25) is 0 Å². The second-order valence-electron chi connectivity index (χ2n) is 4.91. The molecule has 0 saturated carbocycles. The molecule has 1 saturated heterocycles. The lowest BCUT2D eigenvalue weighted by Crippen LogP contribution is -2.56. The quantitative estimate of drug-likeness (QED) is 0.849. The number of likely N-dealkylation sites (tertiary alicyclic amines) is 1. The summed E-state index contributed by atoms with van der Waals surface area (Å²) in [5.41, 5.74) is 0.175. The normalized spacial score (nSPS) is 14.6. The Morgan fingerprint density at radius 3 is 2.71 bits per heavy atom. The van der Waals surface area contributed by atoms with Gasteiger partial charge >= 0.3 is 5.63 Å². The Balaban J connectivity index is 1.59. The zero-order valence-electron chi connectivity index (χ0n) is 11.5. The van der Waals surface area contributed by atoms with E-state index in [9.17, 15) is 9.59 Å². The van der Waals surface area contributed by atoms with Crippen molar-refractivity contribution in [2.45, 2.75) is 13.0 Å². The number of ether oxygens (including phenoxy) is 1. The molecule has 1 amide bonds. The highest BCUT2D eigenvalue weighted by atomic mass is 16.5. The lowest BCUT2D eigenvalue weighted by Gasteiger charge is -2.38. The number of aryl methyl sites for hydroxylation is 1. The van der Waals surface area contributed by atoms with E-state index in [0.29, 0.717) is 30.2 Å². The van der Waals surface area contributed by atoms with Crippen molar-refractivity contribution in [2.24, 2.45) is 0 Å². The van der Waals surface area contributed by atoms with Crippen LogP contribution < -0.4 is 10.4 Å². The third-order valence-corrected chi connectivity index (χ3v) is 3.23. The lowest BCUT2D eigenvalue weighted by molar-refractivity contribution is 0.0175. The lowest BCUT2D eigenvalue weighted by atomic mass is 10.1. The number of amides is 1. The number of rotatable bonds is 3. The minimum Gasteiger partial charge on any atom is -0.486 e. The van der Waals surface area contributed by atoms with Crippen LogP contribution in [0.5, 0.6) is 5.75 Å². The first-order valence-corrected chi connectivity index (χ1v) is 6.59. The maximum atomic E-state index is 12.1. The summed E-state index contributed by atoms with van der Waals surface area (Å²) in [6.45, 7) is 2.69. The van der Waals surface area contributed by atoms with Crippen LogP contribution in [-0.4, -0.2) is 35.0 Å². The molecule has 0 unspecified atom stereocenters. The van der Waals surface area contributed by atoms with Gasteiger partial charge < -0.3 is 14.1 Å². The molecule has 108 valence electrons. The average Bonchev–Trinajstić information content (AvgIpc) is 2.41. The Kier molecular flexibility index (Phi) is 3.43. The first kappa shape index (κ1) is 13.4. The number of hydrogen-bond acceptors (Lipinski definition) is 5. The molecule has 0 aliphatic carbocycles. The van der Waals surface area contributed by atoms with E-state index in [2.05, 4.69) is 4.98 Å². The molecule has 2 aromatic rings. The molecule has 1 fully saturated rings. The third-order valence-electron chi connectivity index (χ3n) is 3.23. The van der Waals surface area contributed by atoms with Gasteiger partial charge in [-0.15, -0.1) is 0 Å². The van der Waals surface area contributed by atoms with Gasteiger partial charge in [0, 0.05) is 24.0 Å². The van der Waals surface area contributed by atoms with Crippen molar-refractivity contribution < 1.29 is 13.9 Å². The van der Waals surface area contributed by atoms with E-state index in [0.717, 1.165) is 0 Å². The predicted octanol–water partition coefficient (Wildman–Crippen LogP) is 1.25. The van der Waals surface area contributed by atoms with Gasteiger partial charge in [0.15, 0.2) is 0 Å². The van der Waals surface area contributed by atoms with E-state index in [4.69, 9.17) is 9.15 Å². The molecule has 3 heterocycles. The van der Waals surface area contributed by atoms with Crippen molar-refractivity contribution >= 4 is 5.91 Å². The summed E-state index contributed by atoms with van der Waals surface area (Å²) in [5, 5.41) is 0. The summed E-state index contributed by atoms with van der Waals surface area (Å²) in [6, 6.07) is 6.33. The third kappa shape index (κ3) is 2.94. The summed E-state index contributed by atoms with van der Waals surface area (Å²) in [7, 11) is 0. The van der Waals surface area contributed by atoms with Crippen molar-refractivity contribution in [3.8, 4) is 5.75 Å². The van der Waals surface area contributed by atoms with Gasteiger partial charge in [0.25, 0.3) is 5.91 Å². The Morgan fingerprint density at radius 2 is 2.05 bits per heavy atom. The molecule has 6 heteroatoms. The highest BCUT2D eigenvalue weighted by Crippen LogP contribution is 2.19. The van der Waals surface area contributed by atoms with Crippen molar-refractivity contribution in [3.05, 3.63) is 58.4 Å². The summed E-state index contributed by atoms with van der Waals surface area (Å²) < 4.78 is 10.5. The van der Waals surface area contributed by atoms with E-state index in [1.165, 1.54) is 6.07 Å². The van der Waals surface area contributed by atoms with Crippen LogP contribution in [-0.2, 0) is 0 Å². The summed E-state index contributed by atoms with van der Waals surface area (Å²) >= 11 is 0. The van der Waals surface area contributed by atoms with Gasteiger partial charge in [-0.1, -0.05) is 0 Å². The number of carbonyl (C=O) groups excluding carboxylic acids is 1. The molecule has 6 nitrogen and oxygen atoms in total.